The van der Waals surface area contributed by atoms with Crippen molar-refractivity contribution < 1.29 is 5.11 Å². The summed E-state index contributed by atoms with van der Waals surface area (Å²) in [6.45, 7) is 5.18. The van der Waals surface area contributed by atoms with Gasteiger partial charge in [-0.2, -0.15) is 0 Å². The van der Waals surface area contributed by atoms with Crippen LogP contribution >= 0.6 is 0 Å². The molecule has 1 aromatic rings. The van der Waals surface area contributed by atoms with Gasteiger partial charge in [0.2, 0.25) is 0 Å². The SMILES string of the molecule is Cc1cccc(CN2CCC2)c1O. The molecule has 1 aromatic carbocycles. The minimum atomic E-state index is 0.467. The van der Waals surface area contributed by atoms with Crippen molar-refractivity contribution in [2.75, 3.05) is 13.1 Å². The van der Waals surface area contributed by atoms with Gasteiger partial charge in [-0.25, -0.2) is 0 Å². The van der Waals surface area contributed by atoms with Gasteiger partial charge < -0.3 is 5.11 Å². The summed E-state index contributed by atoms with van der Waals surface area (Å²) in [6.07, 6.45) is 1.30. The lowest BCUT2D eigenvalue weighted by atomic mass is 10.1. The monoisotopic (exact) mass is 177 g/mol. The second kappa shape index (κ2) is 3.38. The number of phenolic OH excluding ortho intramolecular Hbond substituents is 1. The smallest absolute Gasteiger partial charge is 0.122 e. The standard InChI is InChI=1S/C11H15NO/c1-9-4-2-5-10(11(9)13)8-12-6-3-7-12/h2,4-5,13H,3,6-8H2,1H3. The van der Waals surface area contributed by atoms with E-state index in [4.69, 9.17) is 0 Å². The van der Waals surface area contributed by atoms with Crippen LogP contribution < -0.4 is 0 Å². The number of likely N-dealkylation sites (tertiary alicyclic amines) is 1. The number of aromatic hydroxyl groups is 1. The second-order valence-electron chi connectivity index (χ2n) is 3.71. The molecule has 0 bridgehead atoms. The fraction of sp³-hybridized carbons (Fsp3) is 0.455. The van der Waals surface area contributed by atoms with E-state index >= 15 is 0 Å². The molecular formula is C11H15NO. The molecule has 1 aliphatic heterocycles. The number of para-hydroxylation sites is 1. The van der Waals surface area contributed by atoms with Gasteiger partial charge in [-0.15, -0.1) is 0 Å². The molecule has 2 nitrogen and oxygen atoms in total. The van der Waals surface area contributed by atoms with Crippen molar-refractivity contribution in [2.24, 2.45) is 0 Å². The van der Waals surface area contributed by atoms with Gasteiger partial charge in [-0.05, 0) is 32.0 Å². The molecule has 2 heteroatoms. The van der Waals surface area contributed by atoms with Gasteiger partial charge in [0.1, 0.15) is 5.75 Å². The van der Waals surface area contributed by atoms with Gasteiger partial charge in [0.25, 0.3) is 0 Å². The predicted octanol–water partition coefficient (Wildman–Crippen LogP) is 1.91. The Bertz CT molecular complexity index is 305. The Morgan fingerprint density at radius 2 is 2.15 bits per heavy atom. The summed E-state index contributed by atoms with van der Waals surface area (Å²) >= 11 is 0. The lowest BCUT2D eigenvalue weighted by Crippen LogP contribution is -2.36. The van der Waals surface area contributed by atoms with Crippen LogP contribution in [0.1, 0.15) is 17.5 Å². The highest BCUT2D eigenvalue weighted by atomic mass is 16.3. The van der Waals surface area contributed by atoms with Gasteiger partial charge in [-0.3, -0.25) is 4.90 Å². The van der Waals surface area contributed by atoms with Crippen LogP contribution in [-0.2, 0) is 6.54 Å². The van der Waals surface area contributed by atoms with Crippen molar-refractivity contribution in [1.29, 1.82) is 0 Å². The number of aryl methyl sites for hydroxylation is 1. The molecule has 70 valence electrons. The normalized spacial score (nSPS) is 17.0. The number of rotatable bonds is 2. The van der Waals surface area contributed by atoms with Crippen LogP contribution in [0.2, 0.25) is 0 Å². The quantitative estimate of drug-likeness (QED) is 0.746. The van der Waals surface area contributed by atoms with Crippen LogP contribution in [0.5, 0.6) is 5.75 Å². The molecule has 13 heavy (non-hydrogen) atoms. The highest BCUT2D eigenvalue weighted by molar-refractivity contribution is 5.39. The molecule has 2 rings (SSSR count). The summed E-state index contributed by atoms with van der Waals surface area (Å²) in [5.74, 6) is 0.467. The molecule has 0 spiro atoms. The van der Waals surface area contributed by atoms with Gasteiger partial charge in [-0.1, -0.05) is 18.2 Å². The maximum Gasteiger partial charge on any atom is 0.122 e. The number of benzene rings is 1. The van der Waals surface area contributed by atoms with Gasteiger partial charge >= 0.3 is 0 Å². The molecule has 1 aliphatic rings. The Morgan fingerprint density at radius 3 is 2.77 bits per heavy atom. The van der Waals surface area contributed by atoms with Crippen molar-refractivity contribution in [3.63, 3.8) is 0 Å². The van der Waals surface area contributed by atoms with Crippen molar-refractivity contribution in [3.05, 3.63) is 29.3 Å². The van der Waals surface area contributed by atoms with Crippen molar-refractivity contribution in [2.45, 2.75) is 19.9 Å². The fourth-order valence-corrected chi connectivity index (χ4v) is 1.63. The van der Waals surface area contributed by atoms with Crippen LogP contribution in [-0.4, -0.2) is 23.1 Å². The largest absolute Gasteiger partial charge is 0.507 e. The maximum absolute atomic E-state index is 9.74. The van der Waals surface area contributed by atoms with Gasteiger partial charge in [0.15, 0.2) is 0 Å². The maximum atomic E-state index is 9.74. The van der Waals surface area contributed by atoms with Crippen LogP contribution in [0.4, 0.5) is 0 Å². The minimum absolute atomic E-state index is 0.467. The first-order valence-electron chi connectivity index (χ1n) is 4.77. The first-order chi connectivity index (χ1) is 6.27. The van der Waals surface area contributed by atoms with E-state index in [1.165, 1.54) is 19.5 Å². The van der Waals surface area contributed by atoms with Gasteiger partial charge in [0.05, 0.1) is 0 Å². The third-order valence-corrected chi connectivity index (χ3v) is 2.66. The van der Waals surface area contributed by atoms with E-state index in [9.17, 15) is 5.11 Å². The molecule has 0 unspecified atom stereocenters. The molecule has 1 heterocycles. The van der Waals surface area contributed by atoms with Crippen molar-refractivity contribution in [3.8, 4) is 5.75 Å². The average molecular weight is 177 g/mol. The lowest BCUT2D eigenvalue weighted by molar-refractivity contribution is 0.171. The third kappa shape index (κ3) is 1.68. The molecule has 0 aliphatic carbocycles. The van der Waals surface area contributed by atoms with E-state index in [1.54, 1.807) is 0 Å². The second-order valence-corrected chi connectivity index (χ2v) is 3.71. The first kappa shape index (κ1) is 8.57. The molecule has 1 N–H and O–H groups in total. The Morgan fingerprint density at radius 1 is 1.38 bits per heavy atom. The van der Waals surface area contributed by atoms with E-state index < -0.39 is 0 Å². The zero-order chi connectivity index (χ0) is 9.26. The molecule has 0 amide bonds. The number of phenols is 1. The number of nitrogens with zero attached hydrogens (tertiary/aromatic N) is 1. The Balaban J connectivity index is 2.14. The summed E-state index contributed by atoms with van der Waals surface area (Å²) in [5.41, 5.74) is 2.03. The molecule has 0 saturated carbocycles. The summed E-state index contributed by atoms with van der Waals surface area (Å²) < 4.78 is 0. The molecule has 0 radical (unpaired) electrons. The minimum Gasteiger partial charge on any atom is -0.507 e. The van der Waals surface area contributed by atoms with Crippen molar-refractivity contribution in [1.82, 2.24) is 4.90 Å². The Hall–Kier alpha value is -1.02. The highest BCUT2D eigenvalue weighted by Crippen LogP contribution is 2.24. The van der Waals surface area contributed by atoms with E-state index in [0.717, 1.165) is 17.7 Å². The van der Waals surface area contributed by atoms with Crippen LogP contribution in [0.25, 0.3) is 0 Å². The summed E-state index contributed by atoms with van der Waals surface area (Å²) in [5, 5.41) is 9.74. The molecule has 1 fully saturated rings. The molecule has 0 atom stereocenters. The zero-order valence-electron chi connectivity index (χ0n) is 7.95. The van der Waals surface area contributed by atoms with E-state index in [2.05, 4.69) is 4.90 Å². The van der Waals surface area contributed by atoms with Crippen LogP contribution in [0.15, 0.2) is 18.2 Å². The van der Waals surface area contributed by atoms with E-state index in [0.29, 0.717) is 5.75 Å². The lowest BCUT2D eigenvalue weighted by Gasteiger charge is -2.30. The Kier molecular flexibility index (Phi) is 2.23. The first-order valence-corrected chi connectivity index (χ1v) is 4.77. The number of hydrogen-bond donors (Lipinski definition) is 1. The third-order valence-electron chi connectivity index (χ3n) is 2.66. The van der Waals surface area contributed by atoms with Crippen molar-refractivity contribution >= 4 is 0 Å². The highest BCUT2D eigenvalue weighted by Gasteiger charge is 2.15. The average Bonchev–Trinajstić information content (AvgIpc) is 2.04. The topological polar surface area (TPSA) is 23.5 Å². The molecule has 1 saturated heterocycles. The Labute approximate surface area is 78.8 Å². The zero-order valence-corrected chi connectivity index (χ0v) is 7.95. The van der Waals surface area contributed by atoms with E-state index in [-0.39, 0.29) is 0 Å². The van der Waals surface area contributed by atoms with Crippen LogP contribution in [0, 0.1) is 6.92 Å². The van der Waals surface area contributed by atoms with E-state index in [1.807, 2.05) is 25.1 Å². The summed E-state index contributed by atoms with van der Waals surface area (Å²) in [7, 11) is 0. The molecule has 0 aromatic heterocycles. The molecular weight excluding hydrogens is 162 g/mol. The predicted molar refractivity (Wildman–Crippen MR) is 52.7 cm³/mol. The summed E-state index contributed by atoms with van der Waals surface area (Å²) in [4.78, 5) is 2.34. The fourth-order valence-electron chi connectivity index (χ4n) is 1.63. The van der Waals surface area contributed by atoms with Crippen LogP contribution in [0.3, 0.4) is 0 Å². The number of hydrogen-bond acceptors (Lipinski definition) is 2. The van der Waals surface area contributed by atoms with Gasteiger partial charge in [0, 0.05) is 12.1 Å². The summed E-state index contributed by atoms with van der Waals surface area (Å²) in [6, 6.07) is 5.94.